The Hall–Kier alpha value is -3.46. The fraction of sp³-hybridized carbons (Fsp3) is 0.238. The smallest absolute Gasteiger partial charge is 0.272 e. The largest absolute Gasteiger partial charge is 0.497 e. The van der Waals surface area contributed by atoms with Gasteiger partial charge in [0.05, 0.1) is 12.1 Å². The molecule has 1 aliphatic carbocycles. The van der Waals surface area contributed by atoms with Crippen molar-refractivity contribution in [1.82, 2.24) is 25.5 Å². The van der Waals surface area contributed by atoms with Gasteiger partial charge in [-0.15, -0.1) is 0 Å². The normalized spacial score (nSPS) is 15.6. The number of rotatable bonds is 7. The van der Waals surface area contributed by atoms with Gasteiger partial charge < -0.3 is 15.4 Å². The van der Waals surface area contributed by atoms with Gasteiger partial charge >= 0.3 is 0 Å². The van der Waals surface area contributed by atoms with E-state index in [1.54, 1.807) is 13.2 Å². The van der Waals surface area contributed by atoms with Crippen molar-refractivity contribution in [2.45, 2.75) is 13.0 Å². The zero-order valence-corrected chi connectivity index (χ0v) is 17.4. The lowest BCUT2D eigenvalue weighted by Crippen LogP contribution is -2.24. The van der Waals surface area contributed by atoms with Gasteiger partial charge in [0, 0.05) is 13.1 Å². The molecule has 2 aromatic heterocycles. The summed E-state index contributed by atoms with van der Waals surface area (Å²) in [5.74, 6) is 0.776. The summed E-state index contributed by atoms with van der Waals surface area (Å²) in [6.45, 7) is 0.829. The molecule has 0 saturated heterocycles. The number of H-pyrrole nitrogens is 1. The second-order valence-corrected chi connectivity index (χ2v) is 7.40. The van der Waals surface area contributed by atoms with Gasteiger partial charge in [0.2, 0.25) is 0 Å². The molecule has 3 N–H and O–H groups in total. The van der Waals surface area contributed by atoms with E-state index in [0.29, 0.717) is 29.0 Å². The highest BCUT2D eigenvalue weighted by Gasteiger charge is 2.18. The first-order valence-corrected chi connectivity index (χ1v) is 10.0. The fourth-order valence-electron chi connectivity index (χ4n) is 3.22. The van der Waals surface area contributed by atoms with Gasteiger partial charge in [0.1, 0.15) is 28.9 Å². The number of allylic oxidation sites excluding steroid dienone is 2. The Bertz CT molecular complexity index is 1180. The minimum absolute atomic E-state index is 0.00204. The van der Waals surface area contributed by atoms with E-state index in [9.17, 15) is 9.18 Å². The molecule has 3 aromatic rings. The molecular formula is C21H20ClFN6O2. The lowest BCUT2D eigenvalue weighted by atomic mass is 10.00. The number of hydrogen-bond donors (Lipinski definition) is 3. The summed E-state index contributed by atoms with van der Waals surface area (Å²) in [6.07, 6.45) is 8.23. The lowest BCUT2D eigenvalue weighted by Gasteiger charge is -2.15. The van der Waals surface area contributed by atoms with Crippen molar-refractivity contribution in [3.05, 3.63) is 70.6 Å². The van der Waals surface area contributed by atoms with Crippen molar-refractivity contribution in [2.24, 2.45) is 5.92 Å². The number of ether oxygens (including phenoxy) is 1. The third kappa shape index (κ3) is 4.66. The lowest BCUT2D eigenvalue weighted by molar-refractivity contribution is 0.0947. The molecule has 1 amide bonds. The van der Waals surface area contributed by atoms with E-state index in [-0.39, 0.29) is 23.2 Å². The van der Waals surface area contributed by atoms with E-state index < -0.39 is 11.7 Å². The number of carbonyl (C=O) groups is 1. The maximum Gasteiger partial charge on any atom is 0.272 e. The minimum Gasteiger partial charge on any atom is -0.497 e. The Balaban J connectivity index is 1.43. The van der Waals surface area contributed by atoms with Gasteiger partial charge in [-0.25, -0.2) is 14.4 Å². The van der Waals surface area contributed by atoms with Crippen LogP contribution in [0, 0.1) is 11.7 Å². The van der Waals surface area contributed by atoms with Crippen LogP contribution in [0.1, 0.15) is 22.5 Å². The van der Waals surface area contributed by atoms with Gasteiger partial charge in [-0.3, -0.25) is 9.89 Å². The molecule has 4 rings (SSSR count). The summed E-state index contributed by atoms with van der Waals surface area (Å²) < 4.78 is 18.5. The fourth-order valence-corrected chi connectivity index (χ4v) is 3.43. The highest BCUT2D eigenvalue weighted by atomic mass is 35.5. The van der Waals surface area contributed by atoms with Crippen molar-refractivity contribution < 1.29 is 13.9 Å². The summed E-state index contributed by atoms with van der Waals surface area (Å²) >= 11 is 5.79. The van der Waals surface area contributed by atoms with E-state index in [1.165, 1.54) is 18.5 Å². The van der Waals surface area contributed by atoms with E-state index >= 15 is 0 Å². The average Bonchev–Trinajstić information content (AvgIpc) is 3.22. The molecule has 2 heterocycles. The maximum atomic E-state index is 13.3. The summed E-state index contributed by atoms with van der Waals surface area (Å²) in [6, 6.07) is 4.28. The predicted octanol–water partition coefficient (Wildman–Crippen LogP) is 3.59. The van der Waals surface area contributed by atoms with Crippen molar-refractivity contribution in [2.75, 3.05) is 19.0 Å². The molecule has 1 unspecified atom stereocenters. The quantitative estimate of drug-likeness (QED) is 0.516. The van der Waals surface area contributed by atoms with E-state index in [2.05, 4.69) is 36.9 Å². The van der Waals surface area contributed by atoms with Gasteiger partial charge in [-0.05, 0) is 42.2 Å². The third-order valence-corrected chi connectivity index (χ3v) is 5.21. The minimum atomic E-state index is -0.509. The topological polar surface area (TPSA) is 105 Å². The molecule has 1 aromatic carbocycles. The van der Waals surface area contributed by atoms with Gasteiger partial charge in [0.25, 0.3) is 5.91 Å². The molecule has 0 bridgehead atoms. The zero-order valence-electron chi connectivity index (χ0n) is 16.7. The van der Waals surface area contributed by atoms with Crippen LogP contribution in [0.3, 0.4) is 0 Å². The predicted molar refractivity (Wildman–Crippen MR) is 115 cm³/mol. The number of fused-ring (bicyclic) bond motifs is 1. The number of aromatic nitrogens is 4. The second kappa shape index (κ2) is 9.13. The summed E-state index contributed by atoms with van der Waals surface area (Å²) in [5, 5.41) is 13.1. The second-order valence-electron chi connectivity index (χ2n) is 7.00. The number of carbonyl (C=O) groups excluding carboxylic acids is 1. The third-order valence-electron chi connectivity index (χ3n) is 4.93. The van der Waals surface area contributed by atoms with Crippen molar-refractivity contribution in [1.29, 1.82) is 0 Å². The number of anilines is 1. The van der Waals surface area contributed by atoms with E-state index in [1.807, 2.05) is 12.2 Å². The molecule has 8 nitrogen and oxygen atoms in total. The SMILES string of the molecule is COC1=CCC(CNc2n[nH]c3c(C(=O)NCc4ccc(F)c(Cl)c4)ncnc23)C=C1. The highest BCUT2D eigenvalue weighted by Crippen LogP contribution is 2.22. The first-order valence-electron chi connectivity index (χ1n) is 9.62. The molecule has 0 fully saturated rings. The summed E-state index contributed by atoms with van der Waals surface area (Å²) in [7, 11) is 1.65. The Morgan fingerprint density at radius 1 is 1.39 bits per heavy atom. The molecular weight excluding hydrogens is 423 g/mol. The van der Waals surface area contributed by atoms with Crippen LogP contribution >= 0.6 is 11.6 Å². The van der Waals surface area contributed by atoms with Crippen LogP contribution < -0.4 is 10.6 Å². The summed E-state index contributed by atoms with van der Waals surface area (Å²) in [5.41, 5.74) is 1.80. The number of hydrogen-bond acceptors (Lipinski definition) is 6. The van der Waals surface area contributed by atoms with Crippen LogP contribution in [-0.4, -0.2) is 39.7 Å². The molecule has 0 radical (unpaired) electrons. The monoisotopic (exact) mass is 442 g/mol. The number of methoxy groups -OCH3 is 1. The standard InChI is InChI=1S/C21H20ClFN6O2/c1-31-14-5-2-12(3-6-14)9-24-20-18-17(28-29-20)19(27-11-26-18)21(30)25-10-13-4-7-16(23)15(22)8-13/h2,4-8,11-12H,3,9-10H2,1H3,(H,25,30)(H2,24,28,29). The molecule has 31 heavy (non-hydrogen) atoms. The van der Waals surface area contributed by atoms with Crippen LogP contribution in [0.2, 0.25) is 5.02 Å². The highest BCUT2D eigenvalue weighted by molar-refractivity contribution is 6.30. The molecule has 1 aliphatic rings. The van der Waals surface area contributed by atoms with Crippen LogP contribution in [0.25, 0.3) is 11.0 Å². The number of aromatic amines is 1. The summed E-state index contributed by atoms with van der Waals surface area (Å²) in [4.78, 5) is 21.0. The van der Waals surface area contributed by atoms with Gasteiger partial charge in [-0.1, -0.05) is 23.7 Å². The number of amides is 1. The van der Waals surface area contributed by atoms with Crippen LogP contribution in [0.5, 0.6) is 0 Å². The Morgan fingerprint density at radius 3 is 3.00 bits per heavy atom. The zero-order chi connectivity index (χ0) is 21.8. The number of nitrogens with one attached hydrogen (secondary N) is 3. The Morgan fingerprint density at radius 2 is 2.26 bits per heavy atom. The number of benzene rings is 1. The van der Waals surface area contributed by atoms with Crippen LogP contribution in [0.4, 0.5) is 10.2 Å². The van der Waals surface area contributed by atoms with E-state index in [4.69, 9.17) is 16.3 Å². The van der Waals surface area contributed by atoms with E-state index in [0.717, 1.165) is 12.2 Å². The Labute approximate surface area is 182 Å². The first kappa shape index (κ1) is 20.8. The van der Waals surface area contributed by atoms with Crippen molar-refractivity contribution in [3.8, 4) is 0 Å². The van der Waals surface area contributed by atoms with Gasteiger partial charge in [-0.2, -0.15) is 5.10 Å². The molecule has 0 aliphatic heterocycles. The van der Waals surface area contributed by atoms with Gasteiger partial charge in [0.15, 0.2) is 11.5 Å². The van der Waals surface area contributed by atoms with Crippen LogP contribution in [0.15, 0.2) is 48.5 Å². The molecule has 160 valence electrons. The van der Waals surface area contributed by atoms with Crippen molar-refractivity contribution in [3.63, 3.8) is 0 Å². The first-order chi connectivity index (χ1) is 15.0. The maximum absolute atomic E-state index is 13.3. The van der Waals surface area contributed by atoms with Crippen LogP contribution in [-0.2, 0) is 11.3 Å². The Kier molecular flexibility index (Phi) is 6.13. The number of halogens is 2. The molecule has 1 atom stereocenters. The molecule has 0 spiro atoms. The molecule has 0 saturated carbocycles. The number of nitrogens with zero attached hydrogens (tertiary/aromatic N) is 3. The molecule has 10 heteroatoms. The average molecular weight is 443 g/mol. The van der Waals surface area contributed by atoms with Crippen molar-refractivity contribution >= 4 is 34.4 Å².